The fourth-order valence-corrected chi connectivity index (χ4v) is 1.90. The number of allylic oxidation sites excluding steroid dienone is 6. The van der Waals surface area contributed by atoms with Gasteiger partial charge in [-0.3, -0.25) is 4.79 Å². The zero-order valence-electron chi connectivity index (χ0n) is 12.9. The zero-order chi connectivity index (χ0) is 14.9. The second-order valence-corrected chi connectivity index (χ2v) is 4.99. The van der Waals surface area contributed by atoms with Crippen molar-refractivity contribution in [2.45, 2.75) is 71.1 Å². The van der Waals surface area contributed by atoms with E-state index >= 15 is 0 Å². The minimum atomic E-state index is -0.675. The SMILES string of the molecule is CC/C=C\C/C=C/C/C=C\CCCCCCCC(=O)O. The fourth-order valence-electron chi connectivity index (χ4n) is 1.90. The maximum Gasteiger partial charge on any atom is 0.303 e. The highest BCUT2D eigenvalue weighted by Gasteiger charge is 1.95. The van der Waals surface area contributed by atoms with Gasteiger partial charge in [0.1, 0.15) is 0 Å². The molecular formula is C18H30O2. The quantitative estimate of drug-likeness (QED) is 0.348. The first-order valence-electron chi connectivity index (χ1n) is 7.94. The molecule has 0 saturated carbocycles. The molecule has 2 heteroatoms. The molecule has 2 nitrogen and oxygen atoms in total. The summed E-state index contributed by atoms with van der Waals surface area (Å²) < 4.78 is 0. The Morgan fingerprint density at radius 1 is 0.800 bits per heavy atom. The van der Waals surface area contributed by atoms with Crippen molar-refractivity contribution in [2.24, 2.45) is 0 Å². The number of unbranched alkanes of at least 4 members (excludes halogenated alkanes) is 5. The van der Waals surface area contributed by atoms with Gasteiger partial charge in [0.2, 0.25) is 0 Å². The number of hydrogen-bond donors (Lipinski definition) is 1. The number of carboxylic acid groups (broad SMARTS) is 1. The van der Waals surface area contributed by atoms with Gasteiger partial charge in [0, 0.05) is 6.42 Å². The van der Waals surface area contributed by atoms with Gasteiger partial charge in [-0.15, -0.1) is 0 Å². The molecule has 1 N–H and O–H groups in total. The standard InChI is InChI=1S/C18H30O2/c1-2-3-4-5-6-7-8-9-10-11-12-13-14-15-16-17-18(19)20/h3-4,6-7,9-10H,2,5,8,11-17H2,1H3,(H,19,20)/b4-3-,7-6+,10-9-. The summed E-state index contributed by atoms with van der Waals surface area (Å²) in [6, 6.07) is 0. The third kappa shape index (κ3) is 16.7. The van der Waals surface area contributed by atoms with Crippen LogP contribution in [-0.4, -0.2) is 11.1 Å². The average Bonchev–Trinajstić information content (AvgIpc) is 2.43. The van der Waals surface area contributed by atoms with E-state index in [9.17, 15) is 4.79 Å². The van der Waals surface area contributed by atoms with Gasteiger partial charge < -0.3 is 5.11 Å². The highest BCUT2D eigenvalue weighted by molar-refractivity contribution is 5.66. The van der Waals surface area contributed by atoms with Crippen LogP contribution in [0.15, 0.2) is 36.5 Å². The van der Waals surface area contributed by atoms with Gasteiger partial charge in [-0.1, -0.05) is 62.6 Å². The normalized spacial score (nSPS) is 12.1. The number of rotatable bonds is 13. The number of aliphatic carboxylic acids is 1. The first-order chi connectivity index (χ1) is 9.77. The Morgan fingerprint density at radius 3 is 2.00 bits per heavy atom. The van der Waals surface area contributed by atoms with Crippen LogP contribution in [0.25, 0.3) is 0 Å². The highest BCUT2D eigenvalue weighted by atomic mass is 16.4. The van der Waals surface area contributed by atoms with Crippen LogP contribution >= 0.6 is 0 Å². The third-order valence-corrected chi connectivity index (χ3v) is 3.04. The Hall–Kier alpha value is -1.31. The minimum Gasteiger partial charge on any atom is -0.481 e. The Balaban J connectivity index is 3.23. The predicted octanol–water partition coefficient (Wildman–Crippen LogP) is 5.66. The van der Waals surface area contributed by atoms with E-state index in [0.717, 1.165) is 44.9 Å². The first kappa shape index (κ1) is 18.7. The van der Waals surface area contributed by atoms with Crippen molar-refractivity contribution < 1.29 is 9.90 Å². The van der Waals surface area contributed by atoms with E-state index < -0.39 is 5.97 Å². The molecule has 0 bridgehead atoms. The maximum atomic E-state index is 10.3. The summed E-state index contributed by atoms with van der Waals surface area (Å²) in [4.78, 5) is 10.3. The largest absolute Gasteiger partial charge is 0.481 e. The lowest BCUT2D eigenvalue weighted by molar-refractivity contribution is -0.137. The van der Waals surface area contributed by atoms with Crippen LogP contribution in [0.2, 0.25) is 0 Å². The summed E-state index contributed by atoms with van der Waals surface area (Å²) in [6.45, 7) is 2.15. The molecule has 0 fully saturated rings. The lowest BCUT2D eigenvalue weighted by Crippen LogP contribution is -1.93. The van der Waals surface area contributed by atoms with Gasteiger partial charge in [0.05, 0.1) is 0 Å². The predicted molar refractivity (Wildman–Crippen MR) is 86.9 cm³/mol. The Bertz CT molecular complexity index is 301. The van der Waals surface area contributed by atoms with Crippen molar-refractivity contribution in [3.8, 4) is 0 Å². The number of carboxylic acids is 1. The summed E-state index contributed by atoms with van der Waals surface area (Å²) in [5, 5.41) is 8.50. The van der Waals surface area contributed by atoms with Crippen molar-refractivity contribution in [3.05, 3.63) is 36.5 Å². The lowest BCUT2D eigenvalue weighted by Gasteiger charge is -1.98. The van der Waals surface area contributed by atoms with Crippen LogP contribution in [0.4, 0.5) is 0 Å². The molecule has 0 aliphatic carbocycles. The second kappa shape index (κ2) is 15.7. The molecule has 0 spiro atoms. The lowest BCUT2D eigenvalue weighted by atomic mass is 10.1. The van der Waals surface area contributed by atoms with Crippen molar-refractivity contribution >= 4 is 5.97 Å². The summed E-state index contributed by atoms with van der Waals surface area (Å²) in [5.74, 6) is -0.675. The average molecular weight is 278 g/mol. The van der Waals surface area contributed by atoms with E-state index in [1.807, 2.05) is 0 Å². The van der Waals surface area contributed by atoms with Gasteiger partial charge in [-0.2, -0.15) is 0 Å². The smallest absolute Gasteiger partial charge is 0.303 e. The van der Waals surface area contributed by atoms with Crippen molar-refractivity contribution in [1.82, 2.24) is 0 Å². The molecule has 0 atom stereocenters. The topological polar surface area (TPSA) is 37.3 Å². The van der Waals surface area contributed by atoms with E-state index in [1.165, 1.54) is 12.8 Å². The van der Waals surface area contributed by atoms with Crippen LogP contribution in [0.5, 0.6) is 0 Å². The number of carbonyl (C=O) groups is 1. The van der Waals surface area contributed by atoms with Crippen molar-refractivity contribution in [2.75, 3.05) is 0 Å². The molecular weight excluding hydrogens is 248 g/mol. The third-order valence-electron chi connectivity index (χ3n) is 3.04. The molecule has 0 rings (SSSR count). The van der Waals surface area contributed by atoms with E-state index in [4.69, 9.17) is 5.11 Å². The van der Waals surface area contributed by atoms with Gasteiger partial charge in [0.15, 0.2) is 0 Å². The molecule has 20 heavy (non-hydrogen) atoms. The maximum absolute atomic E-state index is 10.3. The van der Waals surface area contributed by atoms with E-state index in [-0.39, 0.29) is 0 Å². The van der Waals surface area contributed by atoms with Crippen LogP contribution < -0.4 is 0 Å². The van der Waals surface area contributed by atoms with Gasteiger partial charge in [0.25, 0.3) is 0 Å². The Morgan fingerprint density at radius 2 is 1.35 bits per heavy atom. The zero-order valence-corrected chi connectivity index (χ0v) is 12.9. The highest BCUT2D eigenvalue weighted by Crippen LogP contribution is 2.07. The molecule has 0 unspecified atom stereocenters. The molecule has 0 heterocycles. The van der Waals surface area contributed by atoms with Gasteiger partial charge in [-0.25, -0.2) is 0 Å². The molecule has 0 radical (unpaired) electrons. The Kier molecular flexibility index (Phi) is 14.7. The minimum absolute atomic E-state index is 0.319. The van der Waals surface area contributed by atoms with Crippen LogP contribution in [0.3, 0.4) is 0 Å². The molecule has 0 aliphatic heterocycles. The molecule has 0 aromatic heterocycles. The van der Waals surface area contributed by atoms with Gasteiger partial charge in [-0.05, 0) is 38.5 Å². The van der Waals surface area contributed by atoms with Crippen molar-refractivity contribution in [3.63, 3.8) is 0 Å². The molecule has 0 aromatic carbocycles. The fraction of sp³-hybridized carbons (Fsp3) is 0.611. The molecule has 0 amide bonds. The molecule has 0 aliphatic rings. The molecule has 0 saturated heterocycles. The summed E-state index contributed by atoms with van der Waals surface area (Å²) in [5.41, 5.74) is 0. The Labute approximate surface area is 124 Å². The van der Waals surface area contributed by atoms with Crippen LogP contribution in [0.1, 0.15) is 71.1 Å². The summed E-state index contributed by atoms with van der Waals surface area (Å²) in [6.07, 6.45) is 23.4. The van der Waals surface area contributed by atoms with E-state index in [1.54, 1.807) is 0 Å². The van der Waals surface area contributed by atoms with Crippen molar-refractivity contribution in [1.29, 1.82) is 0 Å². The van der Waals surface area contributed by atoms with E-state index in [2.05, 4.69) is 43.4 Å². The summed E-state index contributed by atoms with van der Waals surface area (Å²) in [7, 11) is 0. The van der Waals surface area contributed by atoms with Gasteiger partial charge >= 0.3 is 5.97 Å². The molecule has 0 aromatic rings. The second-order valence-electron chi connectivity index (χ2n) is 4.99. The number of hydrogen-bond acceptors (Lipinski definition) is 1. The monoisotopic (exact) mass is 278 g/mol. The first-order valence-corrected chi connectivity index (χ1v) is 7.94. The summed E-state index contributed by atoms with van der Waals surface area (Å²) >= 11 is 0. The van der Waals surface area contributed by atoms with Crippen LogP contribution in [-0.2, 0) is 4.79 Å². The van der Waals surface area contributed by atoms with E-state index in [0.29, 0.717) is 6.42 Å². The molecule has 114 valence electrons. The van der Waals surface area contributed by atoms with Crippen LogP contribution in [0, 0.1) is 0 Å².